The molecule has 0 spiro atoms. The average Bonchev–Trinajstić information content (AvgIpc) is 3.08. The number of hydrogen-bond acceptors (Lipinski definition) is 4. The molecule has 1 N–H and O–H groups in total. The first kappa shape index (κ1) is 13.3. The zero-order valence-electron chi connectivity index (χ0n) is 11.6. The molecule has 3 fully saturated rings. The molecule has 2 heterocycles. The highest BCUT2D eigenvalue weighted by molar-refractivity contribution is 5.81. The van der Waals surface area contributed by atoms with Crippen molar-refractivity contribution in [2.45, 2.75) is 51.0 Å². The summed E-state index contributed by atoms with van der Waals surface area (Å²) in [5.74, 6) is 0.687. The molecule has 0 aromatic carbocycles. The minimum atomic E-state index is -0.00744. The number of carbonyl (C=O) groups excluding carboxylic acids is 1. The summed E-state index contributed by atoms with van der Waals surface area (Å²) in [5.41, 5.74) is 0. The highest BCUT2D eigenvalue weighted by atomic mass is 16.7. The van der Waals surface area contributed by atoms with Crippen LogP contribution in [0, 0.1) is 5.92 Å². The summed E-state index contributed by atoms with van der Waals surface area (Å²) in [6, 6.07) is 0.444. The van der Waals surface area contributed by atoms with E-state index in [1.807, 2.05) is 6.92 Å². The maximum Gasteiger partial charge on any atom is 0.237 e. The van der Waals surface area contributed by atoms with Gasteiger partial charge in [0.15, 0.2) is 6.29 Å². The highest BCUT2D eigenvalue weighted by Gasteiger charge is 2.34. The second-order valence-electron chi connectivity index (χ2n) is 5.94. The Hall–Kier alpha value is -0.650. The van der Waals surface area contributed by atoms with E-state index in [1.54, 1.807) is 0 Å². The number of ether oxygens (including phenoxy) is 2. The summed E-state index contributed by atoms with van der Waals surface area (Å²) in [5, 5.41) is 3.09. The quantitative estimate of drug-likeness (QED) is 0.817. The Balaban J connectivity index is 1.44. The van der Waals surface area contributed by atoms with E-state index in [4.69, 9.17) is 9.47 Å². The minimum absolute atomic E-state index is 0.00209. The molecule has 0 aromatic rings. The number of carbonyl (C=O) groups is 1. The van der Waals surface area contributed by atoms with Crippen molar-refractivity contribution in [2.75, 3.05) is 26.3 Å². The molecular formula is C14H24N2O3. The van der Waals surface area contributed by atoms with Gasteiger partial charge < -0.3 is 14.8 Å². The number of hydrogen-bond donors (Lipinski definition) is 1. The fourth-order valence-corrected chi connectivity index (χ4v) is 2.94. The molecule has 2 saturated heterocycles. The van der Waals surface area contributed by atoms with E-state index >= 15 is 0 Å². The number of nitrogens with one attached hydrogen (secondary N) is 1. The van der Waals surface area contributed by atoms with Crippen LogP contribution in [-0.2, 0) is 14.3 Å². The van der Waals surface area contributed by atoms with E-state index in [9.17, 15) is 4.79 Å². The zero-order valence-corrected chi connectivity index (χ0v) is 11.6. The number of rotatable bonds is 4. The third-order valence-electron chi connectivity index (χ3n) is 4.46. The van der Waals surface area contributed by atoms with Crippen molar-refractivity contribution in [1.82, 2.24) is 10.2 Å². The second kappa shape index (κ2) is 5.77. The largest absolute Gasteiger partial charge is 0.352 e. The number of likely N-dealkylation sites (tertiary alicyclic amines) is 1. The van der Waals surface area contributed by atoms with Crippen LogP contribution in [0.5, 0.6) is 0 Å². The topological polar surface area (TPSA) is 50.8 Å². The molecule has 108 valence electrons. The van der Waals surface area contributed by atoms with Gasteiger partial charge in [-0.1, -0.05) is 0 Å². The predicted molar refractivity (Wildman–Crippen MR) is 70.6 cm³/mol. The van der Waals surface area contributed by atoms with Gasteiger partial charge in [-0.25, -0.2) is 0 Å². The van der Waals surface area contributed by atoms with Gasteiger partial charge in [0.25, 0.3) is 0 Å². The zero-order chi connectivity index (χ0) is 13.2. The van der Waals surface area contributed by atoms with Gasteiger partial charge in [0, 0.05) is 12.0 Å². The van der Waals surface area contributed by atoms with Crippen LogP contribution in [0.25, 0.3) is 0 Å². The fourth-order valence-electron chi connectivity index (χ4n) is 2.94. The molecule has 1 aliphatic carbocycles. The van der Waals surface area contributed by atoms with Gasteiger partial charge in [0.1, 0.15) is 0 Å². The monoisotopic (exact) mass is 268 g/mol. The molecule has 0 aromatic heterocycles. The van der Waals surface area contributed by atoms with Crippen LogP contribution in [0.3, 0.4) is 0 Å². The van der Waals surface area contributed by atoms with Crippen molar-refractivity contribution in [2.24, 2.45) is 5.92 Å². The Labute approximate surface area is 114 Å². The van der Waals surface area contributed by atoms with Gasteiger partial charge in [-0.05, 0) is 45.7 Å². The molecule has 5 nitrogen and oxygen atoms in total. The first-order valence-corrected chi connectivity index (χ1v) is 7.51. The van der Waals surface area contributed by atoms with Crippen LogP contribution < -0.4 is 5.32 Å². The third-order valence-corrected chi connectivity index (χ3v) is 4.46. The SMILES string of the molecule is CC(C(=O)NC1CC1)N1CCC(C2OCCO2)CC1. The molecule has 5 heteroatoms. The molecule has 1 saturated carbocycles. The van der Waals surface area contributed by atoms with E-state index in [0.717, 1.165) is 52.0 Å². The summed E-state index contributed by atoms with van der Waals surface area (Å²) >= 11 is 0. The molecule has 0 bridgehead atoms. The van der Waals surface area contributed by atoms with Crippen molar-refractivity contribution in [1.29, 1.82) is 0 Å². The van der Waals surface area contributed by atoms with Crippen LogP contribution in [0.15, 0.2) is 0 Å². The van der Waals surface area contributed by atoms with Crippen LogP contribution in [0.4, 0.5) is 0 Å². The Morgan fingerprint density at radius 1 is 1.16 bits per heavy atom. The second-order valence-corrected chi connectivity index (χ2v) is 5.94. The third kappa shape index (κ3) is 3.27. The maximum atomic E-state index is 12.0. The van der Waals surface area contributed by atoms with E-state index in [1.165, 1.54) is 0 Å². The van der Waals surface area contributed by atoms with Crippen molar-refractivity contribution in [3.05, 3.63) is 0 Å². The first-order chi connectivity index (χ1) is 9.24. The lowest BCUT2D eigenvalue weighted by Crippen LogP contribution is -2.49. The first-order valence-electron chi connectivity index (χ1n) is 7.51. The van der Waals surface area contributed by atoms with Gasteiger partial charge in [-0.3, -0.25) is 9.69 Å². The van der Waals surface area contributed by atoms with E-state index < -0.39 is 0 Å². The Morgan fingerprint density at radius 2 is 1.79 bits per heavy atom. The molecule has 2 aliphatic heterocycles. The Morgan fingerprint density at radius 3 is 2.37 bits per heavy atom. The Bertz CT molecular complexity index is 319. The van der Waals surface area contributed by atoms with E-state index in [-0.39, 0.29) is 18.2 Å². The maximum absolute atomic E-state index is 12.0. The number of amides is 1. The van der Waals surface area contributed by atoms with Gasteiger partial charge in [-0.2, -0.15) is 0 Å². The highest BCUT2D eigenvalue weighted by Crippen LogP contribution is 2.27. The minimum Gasteiger partial charge on any atom is -0.352 e. The molecular weight excluding hydrogens is 244 g/mol. The van der Waals surface area contributed by atoms with Crippen molar-refractivity contribution in [3.63, 3.8) is 0 Å². The molecule has 19 heavy (non-hydrogen) atoms. The van der Waals surface area contributed by atoms with Crippen LogP contribution in [0.1, 0.15) is 32.6 Å². The fraction of sp³-hybridized carbons (Fsp3) is 0.929. The van der Waals surface area contributed by atoms with E-state index in [2.05, 4.69) is 10.2 Å². The summed E-state index contributed by atoms with van der Waals surface area (Å²) in [4.78, 5) is 14.3. The van der Waals surface area contributed by atoms with Crippen molar-refractivity contribution in [3.8, 4) is 0 Å². The van der Waals surface area contributed by atoms with Crippen LogP contribution in [0.2, 0.25) is 0 Å². The molecule has 3 rings (SSSR count). The van der Waals surface area contributed by atoms with Gasteiger partial charge >= 0.3 is 0 Å². The van der Waals surface area contributed by atoms with Gasteiger partial charge in [-0.15, -0.1) is 0 Å². The van der Waals surface area contributed by atoms with E-state index in [0.29, 0.717) is 12.0 Å². The lowest BCUT2D eigenvalue weighted by Gasteiger charge is -2.36. The lowest BCUT2D eigenvalue weighted by molar-refractivity contribution is -0.128. The van der Waals surface area contributed by atoms with Gasteiger partial charge in [0.05, 0.1) is 19.3 Å². The van der Waals surface area contributed by atoms with Crippen LogP contribution >= 0.6 is 0 Å². The molecule has 1 amide bonds. The van der Waals surface area contributed by atoms with Crippen molar-refractivity contribution < 1.29 is 14.3 Å². The molecule has 1 unspecified atom stereocenters. The number of piperidine rings is 1. The summed E-state index contributed by atoms with van der Waals surface area (Å²) < 4.78 is 11.2. The predicted octanol–water partition coefficient (Wildman–Crippen LogP) is 0.738. The summed E-state index contributed by atoms with van der Waals surface area (Å²) in [6.07, 6.45) is 4.42. The smallest absolute Gasteiger partial charge is 0.237 e. The summed E-state index contributed by atoms with van der Waals surface area (Å²) in [6.45, 7) is 5.40. The summed E-state index contributed by atoms with van der Waals surface area (Å²) in [7, 11) is 0. The average molecular weight is 268 g/mol. The number of nitrogens with zero attached hydrogens (tertiary/aromatic N) is 1. The normalized spacial score (nSPS) is 28.5. The van der Waals surface area contributed by atoms with Gasteiger partial charge in [0.2, 0.25) is 5.91 Å². The standard InChI is InChI=1S/C14H24N2O3/c1-10(13(17)15-12-2-3-12)16-6-4-11(5-7-16)14-18-8-9-19-14/h10-12,14H,2-9H2,1H3,(H,15,17). The Kier molecular flexibility index (Phi) is 4.05. The van der Waals surface area contributed by atoms with Crippen LogP contribution in [-0.4, -0.2) is 55.5 Å². The van der Waals surface area contributed by atoms with Crippen molar-refractivity contribution >= 4 is 5.91 Å². The molecule has 0 radical (unpaired) electrons. The molecule has 3 aliphatic rings. The molecule has 1 atom stereocenters. The lowest BCUT2D eigenvalue weighted by atomic mass is 9.95.